The van der Waals surface area contributed by atoms with Crippen molar-refractivity contribution in [2.24, 2.45) is 0 Å². The molecule has 1 saturated heterocycles. The fraction of sp³-hybridized carbons (Fsp3) is 0.667. The summed E-state index contributed by atoms with van der Waals surface area (Å²) < 4.78 is 8.17. The lowest BCUT2D eigenvalue weighted by molar-refractivity contribution is 0.846. The first-order valence-corrected chi connectivity index (χ1v) is 5.45. The van der Waals surface area contributed by atoms with E-state index in [-0.39, 0.29) is 0 Å². The van der Waals surface area contributed by atoms with Gasteiger partial charge in [0.15, 0.2) is 5.82 Å². The van der Waals surface area contributed by atoms with Gasteiger partial charge in [-0.3, -0.25) is 0 Å². The van der Waals surface area contributed by atoms with Crippen LogP contribution in [0.15, 0.2) is 6.20 Å². The zero-order valence-electron chi connectivity index (χ0n) is 6.06. The van der Waals surface area contributed by atoms with E-state index in [9.17, 15) is 0 Å². The molecular formula is C6H9N3S2. The third-order valence-corrected chi connectivity index (χ3v) is 3.10. The molecule has 11 heavy (non-hydrogen) atoms. The Balaban J connectivity index is 2.04. The van der Waals surface area contributed by atoms with Crippen LogP contribution in [0.2, 0.25) is 0 Å². The molecule has 3 nitrogen and oxygen atoms in total. The summed E-state index contributed by atoms with van der Waals surface area (Å²) in [6.07, 6.45) is 1.85. The van der Waals surface area contributed by atoms with Crippen LogP contribution in [0.25, 0.3) is 0 Å². The minimum atomic E-state index is 1.05. The number of nitrogens with zero attached hydrogens (tertiary/aromatic N) is 3. The molecule has 2 rings (SSSR count). The van der Waals surface area contributed by atoms with Gasteiger partial charge in [0.2, 0.25) is 0 Å². The normalized spacial score (nSPS) is 18.7. The molecule has 0 bridgehead atoms. The molecule has 0 atom stereocenters. The highest BCUT2D eigenvalue weighted by Gasteiger charge is 2.12. The number of aromatic nitrogens is 2. The molecule has 0 unspecified atom stereocenters. The van der Waals surface area contributed by atoms with Gasteiger partial charge in [-0.1, -0.05) is 0 Å². The van der Waals surface area contributed by atoms with Crippen LogP contribution < -0.4 is 4.90 Å². The summed E-state index contributed by atoms with van der Waals surface area (Å²) in [5, 5.41) is 0. The average molecular weight is 187 g/mol. The number of hydrogen-bond donors (Lipinski definition) is 0. The van der Waals surface area contributed by atoms with E-state index in [1.165, 1.54) is 23.2 Å². The van der Waals surface area contributed by atoms with Crippen LogP contribution in [-0.4, -0.2) is 33.3 Å². The van der Waals surface area contributed by atoms with Gasteiger partial charge < -0.3 is 4.90 Å². The predicted molar refractivity (Wildman–Crippen MR) is 49.4 cm³/mol. The number of hydrogen-bond acceptors (Lipinski definition) is 5. The Bertz CT molecular complexity index is 206. The standard InChI is InChI=1S/C6H9N3S2/c1-3-10-4-2-9(1)6-5-7-11-8-6/h5H,1-4H2. The summed E-state index contributed by atoms with van der Waals surface area (Å²) in [5.41, 5.74) is 0. The van der Waals surface area contributed by atoms with Crippen LogP contribution >= 0.6 is 23.5 Å². The molecule has 5 heteroatoms. The lowest BCUT2D eigenvalue weighted by Crippen LogP contribution is -2.32. The first-order valence-electron chi connectivity index (χ1n) is 3.57. The minimum Gasteiger partial charge on any atom is -0.353 e. The van der Waals surface area contributed by atoms with E-state index in [0.717, 1.165) is 18.9 Å². The third kappa shape index (κ3) is 1.65. The van der Waals surface area contributed by atoms with Crippen molar-refractivity contribution in [1.82, 2.24) is 8.75 Å². The lowest BCUT2D eigenvalue weighted by Gasteiger charge is -2.25. The van der Waals surface area contributed by atoms with E-state index in [1.54, 1.807) is 0 Å². The smallest absolute Gasteiger partial charge is 0.162 e. The maximum Gasteiger partial charge on any atom is 0.162 e. The van der Waals surface area contributed by atoms with Gasteiger partial charge in [-0.05, 0) is 0 Å². The Morgan fingerprint density at radius 1 is 1.36 bits per heavy atom. The molecule has 1 aromatic heterocycles. The SMILES string of the molecule is c1nsnc1N1CCSCC1. The van der Waals surface area contributed by atoms with Crippen LogP contribution in [0.4, 0.5) is 5.82 Å². The van der Waals surface area contributed by atoms with Crippen molar-refractivity contribution in [3.05, 3.63) is 6.20 Å². The van der Waals surface area contributed by atoms with E-state index in [2.05, 4.69) is 13.6 Å². The zero-order valence-corrected chi connectivity index (χ0v) is 7.70. The van der Waals surface area contributed by atoms with E-state index in [1.807, 2.05) is 18.0 Å². The van der Waals surface area contributed by atoms with Gasteiger partial charge in [-0.2, -0.15) is 20.5 Å². The third-order valence-electron chi connectivity index (χ3n) is 1.68. The molecule has 60 valence electrons. The minimum absolute atomic E-state index is 1.05. The molecule has 0 amide bonds. The Morgan fingerprint density at radius 3 is 2.82 bits per heavy atom. The molecule has 0 aromatic carbocycles. The molecule has 1 fully saturated rings. The second-order valence-electron chi connectivity index (χ2n) is 2.37. The Hall–Kier alpha value is -0.290. The maximum atomic E-state index is 4.19. The summed E-state index contributed by atoms with van der Waals surface area (Å²) in [6.45, 7) is 2.24. The molecule has 0 radical (unpaired) electrons. The molecule has 1 aliphatic rings. The van der Waals surface area contributed by atoms with Gasteiger partial charge in [-0.25, -0.2) is 0 Å². The first-order chi connectivity index (χ1) is 5.47. The van der Waals surface area contributed by atoms with Crippen LogP contribution in [0.1, 0.15) is 0 Å². The highest BCUT2D eigenvalue weighted by atomic mass is 32.2. The highest BCUT2D eigenvalue weighted by molar-refractivity contribution is 7.99. The van der Waals surface area contributed by atoms with Gasteiger partial charge in [0.25, 0.3) is 0 Å². The summed E-state index contributed by atoms with van der Waals surface area (Å²) in [4.78, 5) is 2.29. The lowest BCUT2D eigenvalue weighted by atomic mass is 10.5. The molecule has 0 saturated carbocycles. The van der Waals surface area contributed by atoms with Crippen molar-refractivity contribution in [1.29, 1.82) is 0 Å². The van der Waals surface area contributed by atoms with Gasteiger partial charge in [-0.15, -0.1) is 0 Å². The molecule has 2 heterocycles. The molecule has 1 aliphatic heterocycles. The molecule has 0 aliphatic carbocycles. The van der Waals surface area contributed by atoms with Crippen molar-refractivity contribution < 1.29 is 0 Å². The molecule has 0 spiro atoms. The van der Waals surface area contributed by atoms with Gasteiger partial charge >= 0.3 is 0 Å². The second-order valence-corrected chi connectivity index (χ2v) is 4.15. The summed E-state index contributed by atoms with van der Waals surface area (Å²) in [5.74, 6) is 3.49. The molecular weight excluding hydrogens is 178 g/mol. The molecule has 0 N–H and O–H groups in total. The maximum absolute atomic E-state index is 4.19. The quantitative estimate of drug-likeness (QED) is 0.658. The van der Waals surface area contributed by atoms with Crippen molar-refractivity contribution in [2.45, 2.75) is 0 Å². The van der Waals surface area contributed by atoms with E-state index < -0.39 is 0 Å². The first kappa shape index (κ1) is 7.36. The average Bonchev–Trinajstić information content (AvgIpc) is 2.58. The zero-order chi connectivity index (χ0) is 7.52. The summed E-state index contributed by atoms with van der Waals surface area (Å²) in [7, 11) is 0. The number of thioether (sulfide) groups is 1. The van der Waals surface area contributed by atoms with Crippen molar-refractivity contribution in [3.8, 4) is 0 Å². The Labute approximate surface area is 74.1 Å². The van der Waals surface area contributed by atoms with Crippen molar-refractivity contribution in [2.75, 3.05) is 29.5 Å². The highest BCUT2D eigenvalue weighted by Crippen LogP contribution is 2.16. The molecule has 1 aromatic rings. The van der Waals surface area contributed by atoms with Gasteiger partial charge in [0, 0.05) is 24.6 Å². The summed E-state index contributed by atoms with van der Waals surface area (Å²) >= 11 is 3.29. The largest absolute Gasteiger partial charge is 0.353 e. The van der Waals surface area contributed by atoms with E-state index >= 15 is 0 Å². The van der Waals surface area contributed by atoms with E-state index in [4.69, 9.17) is 0 Å². The summed E-state index contributed by atoms with van der Waals surface area (Å²) in [6, 6.07) is 0. The van der Waals surface area contributed by atoms with E-state index in [0.29, 0.717) is 0 Å². The van der Waals surface area contributed by atoms with Crippen LogP contribution in [-0.2, 0) is 0 Å². The van der Waals surface area contributed by atoms with Crippen LogP contribution in [0, 0.1) is 0 Å². The Kier molecular flexibility index (Phi) is 2.28. The van der Waals surface area contributed by atoms with Crippen LogP contribution in [0.3, 0.4) is 0 Å². The fourth-order valence-corrected chi connectivity index (χ4v) is 2.43. The second kappa shape index (κ2) is 3.40. The van der Waals surface area contributed by atoms with Gasteiger partial charge in [0.05, 0.1) is 17.9 Å². The number of rotatable bonds is 1. The van der Waals surface area contributed by atoms with Crippen molar-refractivity contribution in [3.63, 3.8) is 0 Å². The number of anilines is 1. The van der Waals surface area contributed by atoms with Gasteiger partial charge in [0.1, 0.15) is 0 Å². The van der Waals surface area contributed by atoms with Crippen LogP contribution in [0.5, 0.6) is 0 Å². The predicted octanol–water partition coefficient (Wildman–Crippen LogP) is 1.09. The van der Waals surface area contributed by atoms with Crippen molar-refractivity contribution >= 4 is 29.3 Å². The Morgan fingerprint density at radius 2 is 2.18 bits per heavy atom. The monoisotopic (exact) mass is 187 g/mol. The topological polar surface area (TPSA) is 29.0 Å². The fourth-order valence-electron chi connectivity index (χ4n) is 1.09.